The van der Waals surface area contributed by atoms with E-state index in [9.17, 15) is 9.59 Å². The van der Waals surface area contributed by atoms with Crippen molar-refractivity contribution in [2.24, 2.45) is 0 Å². The summed E-state index contributed by atoms with van der Waals surface area (Å²) < 4.78 is 0. The number of Topliss-reactive ketones (excluding diaryl/α,β-unsaturated/α-hetero) is 1. The van der Waals surface area contributed by atoms with Crippen molar-refractivity contribution in [3.63, 3.8) is 0 Å². The van der Waals surface area contributed by atoms with Crippen molar-refractivity contribution in [1.29, 1.82) is 0 Å². The summed E-state index contributed by atoms with van der Waals surface area (Å²) in [5.41, 5.74) is 3.74. The first-order chi connectivity index (χ1) is 11.3. The molecule has 116 valence electrons. The number of carbonyl (C=O) groups excluding carboxylic acids is 2. The second kappa shape index (κ2) is 5.78. The van der Waals surface area contributed by atoms with Gasteiger partial charge in [-0.2, -0.15) is 11.3 Å². The largest absolute Gasteiger partial charge is 0.294 e. The number of rotatable bonds is 2. The summed E-state index contributed by atoms with van der Waals surface area (Å²) in [5, 5.41) is 4.07. The molecule has 2 aliphatic rings. The predicted molar refractivity (Wildman–Crippen MR) is 91.5 cm³/mol. The summed E-state index contributed by atoms with van der Waals surface area (Å²) >= 11 is 1.61. The van der Waals surface area contributed by atoms with Gasteiger partial charge in [0.25, 0.3) is 0 Å². The highest BCUT2D eigenvalue weighted by molar-refractivity contribution is 7.08. The number of benzene rings is 1. The van der Waals surface area contributed by atoms with Crippen LogP contribution in [0.2, 0.25) is 0 Å². The van der Waals surface area contributed by atoms with E-state index in [-0.39, 0.29) is 17.6 Å². The summed E-state index contributed by atoms with van der Waals surface area (Å²) in [6.45, 7) is 0. The molecule has 3 nitrogen and oxygen atoms in total. The first-order valence-electron chi connectivity index (χ1n) is 7.92. The van der Waals surface area contributed by atoms with Crippen molar-refractivity contribution in [1.82, 2.24) is 0 Å². The molecule has 0 fully saturated rings. The van der Waals surface area contributed by atoms with E-state index in [0.29, 0.717) is 12.8 Å². The number of carbonyl (C=O) groups is 2. The fourth-order valence-corrected chi connectivity index (χ4v) is 4.34. The average Bonchev–Trinajstić information content (AvgIpc) is 3.09. The first-order valence-corrected chi connectivity index (χ1v) is 8.86. The highest BCUT2D eigenvalue weighted by atomic mass is 32.1. The van der Waals surface area contributed by atoms with Gasteiger partial charge < -0.3 is 0 Å². The minimum Gasteiger partial charge on any atom is -0.294 e. The van der Waals surface area contributed by atoms with Crippen molar-refractivity contribution in [2.45, 2.75) is 31.6 Å². The molecule has 1 aromatic heterocycles. The molecule has 0 bridgehead atoms. The summed E-state index contributed by atoms with van der Waals surface area (Å²) in [6, 6.07) is 11.7. The van der Waals surface area contributed by atoms with Gasteiger partial charge in [0, 0.05) is 35.7 Å². The molecule has 4 heteroatoms. The third-order valence-electron chi connectivity index (χ3n) is 4.64. The molecule has 23 heavy (non-hydrogen) atoms. The maximum atomic E-state index is 12.8. The Hall–Kier alpha value is -2.20. The lowest BCUT2D eigenvalue weighted by Crippen LogP contribution is -2.40. The Balaban J connectivity index is 1.87. The molecule has 0 saturated heterocycles. The number of nitrogens with zero attached hydrogens (tertiary/aromatic N) is 1. The zero-order valence-electron chi connectivity index (χ0n) is 12.7. The van der Waals surface area contributed by atoms with Crippen LogP contribution in [0.15, 0.2) is 58.4 Å². The summed E-state index contributed by atoms with van der Waals surface area (Å²) in [4.78, 5) is 27.2. The number of hydrogen-bond acceptors (Lipinski definition) is 3. The molecule has 2 aromatic rings. The fraction of sp³-hybridized carbons (Fsp3) is 0.263. The molecule has 4 rings (SSSR count). The van der Waals surface area contributed by atoms with Gasteiger partial charge in [-0.3, -0.25) is 14.5 Å². The molecular weight excluding hydrogens is 306 g/mol. The normalized spacial score (nSPS) is 21.6. The average molecular weight is 323 g/mol. The van der Waals surface area contributed by atoms with Gasteiger partial charge in [0.15, 0.2) is 5.78 Å². The van der Waals surface area contributed by atoms with Gasteiger partial charge in [0.1, 0.15) is 0 Å². The molecule has 1 aliphatic carbocycles. The van der Waals surface area contributed by atoms with E-state index in [0.717, 1.165) is 35.4 Å². The molecule has 0 N–H and O–H groups in total. The smallest absolute Gasteiger partial charge is 0.232 e. The lowest BCUT2D eigenvalue weighted by molar-refractivity contribution is -0.119. The van der Waals surface area contributed by atoms with Crippen LogP contribution >= 0.6 is 11.3 Å². The third kappa shape index (κ3) is 2.43. The minimum absolute atomic E-state index is 0.0727. The highest BCUT2D eigenvalue weighted by Crippen LogP contribution is 2.43. The summed E-state index contributed by atoms with van der Waals surface area (Å²) in [6.07, 6.45) is 2.58. The van der Waals surface area contributed by atoms with Gasteiger partial charge in [0.2, 0.25) is 5.91 Å². The fourth-order valence-electron chi connectivity index (χ4n) is 3.63. The summed E-state index contributed by atoms with van der Waals surface area (Å²) in [5.74, 6) is 0.216. The van der Waals surface area contributed by atoms with Crippen LogP contribution in [-0.2, 0) is 9.59 Å². The van der Waals surface area contributed by atoms with Gasteiger partial charge in [-0.05, 0) is 47.4 Å². The summed E-state index contributed by atoms with van der Waals surface area (Å²) in [7, 11) is 0. The quantitative estimate of drug-likeness (QED) is 0.827. The van der Waals surface area contributed by atoms with E-state index >= 15 is 0 Å². The molecule has 0 saturated carbocycles. The Kier molecular flexibility index (Phi) is 3.62. The first kappa shape index (κ1) is 14.4. The lowest BCUT2D eigenvalue weighted by Gasteiger charge is -2.38. The van der Waals surface area contributed by atoms with Gasteiger partial charge in [0.05, 0.1) is 0 Å². The SMILES string of the molecule is O=C1CCCC2=C1[C@@H](c1ccsc1)CC(=O)N2c1ccccc1. The number of amides is 1. The van der Waals surface area contributed by atoms with E-state index in [1.807, 2.05) is 41.8 Å². The van der Waals surface area contributed by atoms with Crippen LogP contribution in [0.25, 0.3) is 0 Å². The number of para-hydroxylation sites is 1. The number of allylic oxidation sites excluding steroid dienone is 2. The van der Waals surface area contributed by atoms with Crippen LogP contribution in [0.1, 0.15) is 37.2 Å². The third-order valence-corrected chi connectivity index (χ3v) is 5.34. The van der Waals surface area contributed by atoms with Crippen LogP contribution in [-0.4, -0.2) is 11.7 Å². The molecule has 1 aliphatic heterocycles. The zero-order chi connectivity index (χ0) is 15.8. The zero-order valence-corrected chi connectivity index (χ0v) is 13.5. The molecule has 1 amide bonds. The molecular formula is C19H17NO2S. The minimum atomic E-state index is -0.0727. The number of thiophene rings is 1. The molecule has 2 heterocycles. The van der Waals surface area contributed by atoms with Crippen molar-refractivity contribution in [2.75, 3.05) is 4.90 Å². The number of anilines is 1. The second-order valence-corrected chi connectivity index (χ2v) is 6.80. The molecule has 0 radical (unpaired) electrons. The van der Waals surface area contributed by atoms with Crippen molar-refractivity contribution in [3.8, 4) is 0 Å². The van der Waals surface area contributed by atoms with Crippen molar-refractivity contribution < 1.29 is 9.59 Å². The Morgan fingerprint density at radius 2 is 1.87 bits per heavy atom. The number of ketones is 1. The van der Waals surface area contributed by atoms with Gasteiger partial charge in [-0.25, -0.2) is 0 Å². The van der Waals surface area contributed by atoms with Crippen molar-refractivity contribution in [3.05, 3.63) is 64.0 Å². The standard InChI is InChI=1S/C19H17NO2S/c21-17-8-4-7-16-19(17)15(13-9-10-23-12-13)11-18(22)20(16)14-5-2-1-3-6-14/h1-3,5-6,9-10,12,15H,4,7-8,11H2/t15-/m1/s1. The van der Waals surface area contributed by atoms with E-state index < -0.39 is 0 Å². The van der Waals surface area contributed by atoms with Crippen LogP contribution in [0.5, 0.6) is 0 Å². The lowest BCUT2D eigenvalue weighted by atomic mass is 9.78. The van der Waals surface area contributed by atoms with Crippen LogP contribution in [0, 0.1) is 0 Å². The van der Waals surface area contributed by atoms with Crippen LogP contribution < -0.4 is 4.90 Å². The van der Waals surface area contributed by atoms with Crippen molar-refractivity contribution >= 4 is 28.7 Å². The second-order valence-electron chi connectivity index (χ2n) is 6.02. The Bertz CT molecular complexity index is 777. The molecule has 1 aromatic carbocycles. The maximum Gasteiger partial charge on any atom is 0.232 e. The maximum absolute atomic E-state index is 12.8. The van der Waals surface area contributed by atoms with Crippen LogP contribution in [0.3, 0.4) is 0 Å². The van der Waals surface area contributed by atoms with E-state index in [1.54, 1.807) is 16.2 Å². The van der Waals surface area contributed by atoms with Crippen LogP contribution in [0.4, 0.5) is 5.69 Å². The van der Waals surface area contributed by atoms with E-state index in [4.69, 9.17) is 0 Å². The Labute approximate surface area is 139 Å². The monoisotopic (exact) mass is 323 g/mol. The predicted octanol–water partition coefficient (Wildman–Crippen LogP) is 4.28. The molecule has 0 spiro atoms. The van der Waals surface area contributed by atoms with Gasteiger partial charge in [-0.1, -0.05) is 18.2 Å². The van der Waals surface area contributed by atoms with E-state index in [1.165, 1.54) is 0 Å². The Morgan fingerprint density at radius 3 is 2.61 bits per heavy atom. The topological polar surface area (TPSA) is 37.4 Å². The van der Waals surface area contributed by atoms with E-state index in [2.05, 4.69) is 5.38 Å². The Morgan fingerprint density at radius 1 is 1.04 bits per heavy atom. The van der Waals surface area contributed by atoms with Gasteiger partial charge >= 0.3 is 0 Å². The van der Waals surface area contributed by atoms with Gasteiger partial charge in [-0.15, -0.1) is 0 Å². The molecule has 0 unspecified atom stereocenters. The molecule has 1 atom stereocenters. The number of hydrogen-bond donors (Lipinski definition) is 0. The highest BCUT2D eigenvalue weighted by Gasteiger charge is 2.39.